The van der Waals surface area contributed by atoms with Crippen molar-refractivity contribution in [3.05, 3.63) is 48.3 Å². The molecule has 3 heterocycles. The molecule has 0 radical (unpaired) electrons. The van der Waals surface area contributed by atoms with Crippen LogP contribution in [0.15, 0.2) is 47.6 Å². The number of hydrogen-bond donors (Lipinski definition) is 1. The summed E-state index contributed by atoms with van der Waals surface area (Å²) in [7, 11) is -1.93. The second-order valence-electron chi connectivity index (χ2n) is 8.47. The van der Waals surface area contributed by atoms with Gasteiger partial charge in [-0.3, -0.25) is 14.3 Å². The molecule has 32 heavy (non-hydrogen) atoms. The molecule has 2 saturated heterocycles. The molecule has 2 aromatic rings. The summed E-state index contributed by atoms with van der Waals surface area (Å²) in [6, 6.07) is 7.66. The molecular formula is C22H29N5O4S. The van der Waals surface area contributed by atoms with Gasteiger partial charge in [0.05, 0.1) is 16.7 Å². The van der Waals surface area contributed by atoms with Gasteiger partial charge in [-0.2, -0.15) is 9.40 Å². The lowest BCUT2D eigenvalue weighted by Gasteiger charge is -2.35. The van der Waals surface area contributed by atoms with Crippen molar-refractivity contribution in [1.82, 2.24) is 24.3 Å². The topological polar surface area (TPSA) is 105 Å². The lowest BCUT2D eigenvalue weighted by Crippen LogP contribution is -2.50. The summed E-state index contributed by atoms with van der Waals surface area (Å²) >= 11 is 0. The molecule has 1 unspecified atom stereocenters. The zero-order valence-corrected chi connectivity index (χ0v) is 19.0. The van der Waals surface area contributed by atoms with Crippen molar-refractivity contribution in [2.24, 2.45) is 13.0 Å². The minimum Gasteiger partial charge on any atom is -0.352 e. The number of rotatable bonds is 6. The van der Waals surface area contributed by atoms with Gasteiger partial charge < -0.3 is 10.2 Å². The molecule has 10 heteroatoms. The van der Waals surface area contributed by atoms with Crippen molar-refractivity contribution in [2.75, 3.05) is 26.2 Å². The van der Waals surface area contributed by atoms with E-state index in [9.17, 15) is 18.0 Å². The Kier molecular flexibility index (Phi) is 6.61. The molecule has 2 aliphatic heterocycles. The Hall–Kier alpha value is -2.72. The zero-order chi connectivity index (χ0) is 22.7. The highest BCUT2D eigenvalue weighted by Crippen LogP contribution is 2.28. The number of nitrogens with zero attached hydrogens (tertiary/aromatic N) is 4. The summed E-state index contributed by atoms with van der Waals surface area (Å²) < 4.78 is 29.1. The molecule has 4 rings (SSSR count). The molecule has 1 atom stereocenters. The molecule has 0 bridgehead atoms. The third kappa shape index (κ3) is 4.71. The number of likely N-dealkylation sites (tertiary alicyclic amines) is 1. The third-order valence-electron chi connectivity index (χ3n) is 6.28. The van der Waals surface area contributed by atoms with Crippen molar-refractivity contribution in [3.8, 4) is 0 Å². The van der Waals surface area contributed by atoms with Gasteiger partial charge in [0.15, 0.2) is 0 Å². The summed E-state index contributed by atoms with van der Waals surface area (Å²) in [6.07, 6.45) is 5.99. The number of aryl methyl sites for hydroxylation is 1. The standard InChI is InChI=1S/C22H29N5O4S/c1-25-16-18(15-24-25)21(28)23-14-17-9-12-26(13-10-17)22(29)20-8-5-11-27(20)32(30,31)19-6-3-2-4-7-19/h2-4,6-7,15-17,20H,5,8-14H2,1H3,(H,23,28). The van der Waals surface area contributed by atoms with Gasteiger partial charge in [0.25, 0.3) is 5.91 Å². The van der Waals surface area contributed by atoms with E-state index in [1.807, 2.05) is 0 Å². The molecule has 2 amide bonds. The summed E-state index contributed by atoms with van der Waals surface area (Å²) in [5, 5.41) is 6.95. The Balaban J connectivity index is 1.31. The minimum atomic E-state index is -3.69. The smallest absolute Gasteiger partial charge is 0.254 e. The van der Waals surface area contributed by atoms with Crippen LogP contribution in [0.25, 0.3) is 0 Å². The van der Waals surface area contributed by atoms with E-state index in [4.69, 9.17) is 0 Å². The molecule has 0 aliphatic carbocycles. The normalized spacial score (nSPS) is 20.4. The summed E-state index contributed by atoms with van der Waals surface area (Å²) in [6.45, 7) is 2.06. The van der Waals surface area contributed by atoms with Crippen LogP contribution >= 0.6 is 0 Å². The first-order valence-electron chi connectivity index (χ1n) is 11.0. The number of aromatic nitrogens is 2. The van der Waals surface area contributed by atoms with Crippen LogP contribution < -0.4 is 5.32 Å². The highest BCUT2D eigenvalue weighted by Gasteiger charge is 2.41. The Morgan fingerprint density at radius 3 is 2.47 bits per heavy atom. The zero-order valence-electron chi connectivity index (χ0n) is 18.2. The van der Waals surface area contributed by atoms with E-state index < -0.39 is 16.1 Å². The molecule has 172 valence electrons. The average Bonchev–Trinajstić information content (AvgIpc) is 3.48. The number of carbonyl (C=O) groups excluding carboxylic acids is 2. The molecule has 9 nitrogen and oxygen atoms in total. The van der Waals surface area contributed by atoms with Gasteiger partial charge in [0.2, 0.25) is 15.9 Å². The molecule has 2 aliphatic rings. The Morgan fingerprint density at radius 1 is 1.09 bits per heavy atom. The Labute approximate surface area is 188 Å². The van der Waals surface area contributed by atoms with Crippen LogP contribution in [0.3, 0.4) is 0 Å². The van der Waals surface area contributed by atoms with Gasteiger partial charge >= 0.3 is 0 Å². The molecule has 0 saturated carbocycles. The quantitative estimate of drug-likeness (QED) is 0.700. The number of benzene rings is 1. The fraction of sp³-hybridized carbons (Fsp3) is 0.500. The van der Waals surface area contributed by atoms with Crippen LogP contribution in [-0.2, 0) is 21.9 Å². The van der Waals surface area contributed by atoms with Gasteiger partial charge in [-0.15, -0.1) is 0 Å². The van der Waals surface area contributed by atoms with Crippen molar-refractivity contribution in [2.45, 2.75) is 36.6 Å². The average molecular weight is 460 g/mol. The van der Waals surface area contributed by atoms with E-state index in [1.54, 1.807) is 53.2 Å². The lowest BCUT2D eigenvalue weighted by molar-refractivity contribution is -0.136. The summed E-state index contributed by atoms with van der Waals surface area (Å²) in [5.41, 5.74) is 0.529. The van der Waals surface area contributed by atoms with Crippen LogP contribution in [0.2, 0.25) is 0 Å². The number of piperidine rings is 1. The number of nitrogens with one attached hydrogen (secondary N) is 1. The van der Waals surface area contributed by atoms with E-state index in [-0.39, 0.29) is 22.6 Å². The lowest BCUT2D eigenvalue weighted by atomic mass is 9.96. The SMILES string of the molecule is Cn1cc(C(=O)NCC2CCN(C(=O)C3CCCN3S(=O)(=O)c3ccccc3)CC2)cn1. The first-order valence-corrected chi connectivity index (χ1v) is 12.4. The van der Waals surface area contributed by atoms with E-state index in [2.05, 4.69) is 10.4 Å². The minimum absolute atomic E-state index is 0.111. The van der Waals surface area contributed by atoms with Gasteiger partial charge in [0, 0.05) is 39.4 Å². The van der Waals surface area contributed by atoms with Gasteiger partial charge in [-0.1, -0.05) is 18.2 Å². The highest BCUT2D eigenvalue weighted by molar-refractivity contribution is 7.89. The van der Waals surface area contributed by atoms with Crippen LogP contribution in [0.5, 0.6) is 0 Å². The third-order valence-corrected chi connectivity index (χ3v) is 8.21. The van der Waals surface area contributed by atoms with Crippen LogP contribution in [0, 0.1) is 5.92 Å². The van der Waals surface area contributed by atoms with E-state index in [0.29, 0.717) is 44.6 Å². The van der Waals surface area contributed by atoms with Crippen molar-refractivity contribution >= 4 is 21.8 Å². The number of amides is 2. The van der Waals surface area contributed by atoms with Crippen LogP contribution in [0.1, 0.15) is 36.0 Å². The maximum Gasteiger partial charge on any atom is 0.254 e. The maximum absolute atomic E-state index is 13.2. The monoisotopic (exact) mass is 459 g/mol. The van der Waals surface area contributed by atoms with E-state index >= 15 is 0 Å². The second-order valence-corrected chi connectivity index (χ2v) is 10.4. The van der Waals surface area contributed by atoms with E-state index in [0.717, 1.165) is 12.8 Å². The molecule has 1 aromatic carbocycles. The van der Waals surface area contributed by atoms with Crippen LogP contribution in [-0.4, -0.2) is 71.4 Å². The summed E-state index contributed by atoms with van der Waals surface area (Å²) in [5.74, 6) is 0.0246. The second kappa shape index (κ2) is 9.41. The van der Waals surface area contributed by atoms with Gasteiger partial charge in [-0.05, 0) is 43.7 Å². The van der Waals surface area contributed by atoms with Crippen LogP contribution in [0.4, 0.5) is 0 Å². The predicted molar refractivity (Wildman–Crippen MR) is 118 cm³/mol. The highest BCUT2D eigenvalue weighted by atomic mass is 32.2. The number of carbonyl (C=O) groups is 2. The summed E-state index contributed by atoms with van der Waals surface area (Å²) in [4.78, 5) is 27.4. The van der Waals surface area contributed by atoms with E-state index in [1.165, 1.54) is 10.5 Å². The fourth-order valence-electron chi connectivity index (χ4n) is 4.45. The maximum atomic E-state index is 13.2. The van der Waals surface area contributed by atoms with Crippen molar-refractivity contribution in [3.63, 3.8) is 0 Å². The first kappa shape index (κ1) is 22.5. The largest absolute Gasteiger partial charge is 0.352 e. The number of hydrogen-bond acceptors (Lipinski definition) is 5. The molecule has 1 N–H and O–H groups in total. The van der Waals surface area contributed by atoms with Gasteiger partial charge in [0.1, 0.15) is 6.04 Å². The molecule has 0 spiro atoms. The number of sulfonamides is 1. The van der Waals surface area contributed by atoms with Gasteiger partial charge in [-0.25, -0.2) is 8.42 Å². The Bertz CT molecular complexity index is 1060. The first-order chi connectivity index (χ1) is 15.4. The molecular weight excluding hydrogens is 430 g/mol. The van der Waals surface area contributed by atoms with Crippen molar-refractivity contribution in [1.29, 1.82) is 0 Å². The Morgan fingerprint density at radius 2 is 1.81 bits per heavy atom. The predicted octanol–water partition coefficient (Wildman–Crippen LogP) is 1.24. The van der Waals surface area contributed by atoms with Crippen molar-refractivity contribution < 1.29 is 18.0 Å². The molecule has 1 aromatic heterocycles. The molecule has 2 fully saturated rings. The fourth-order valence-corrected chi connectivity index (χ4v) is 6.12.